The molecule has 1 aromatic carbocycles. The molecule has 0 saturated carbocycles. The van der Waals surface area contributed by atoms with E-state index in [1.54, 1.807) is 0 Å². The summed E-state index contributed by atoms with van der Waals surface area (Å²) in [6, 6.07) is 12.7. The molecule has 1 aliphatic rings. The Balaban J connectivity index is 1.74. The maximum absolute atomic E-state index is 12.9. The monoisotopic (exact) mass is 382 g/mol. The molecule has 3 rings (SSSR count). The number of carbonyl (C=O) groups is 1. The molecular weight excluding hydrogens is 348 g/mol. The largest absolute Gasteiger partial charge is 0.349 e. The van der Waals surface area contributed by atoms with Crippen LogP contribution in [-0.4, -0.2) is 40.2 Å². The van der Waals surface area contributed by atoms with Crippen LogP contribution < -0.4 is 5.32 Å². The molecular formula is C23H34N4O. The molecule has 1 unspecified atom stereocenters. The van der Waals surface area contributed by atoms with E-state index < -0.39 is 0 Å². The molecule has 1 atom stereocenters. The maximum Gasteiger partial charge on any atom is 0.269 e. The Morgan fingerprint density at radius 1 is 1.21 bits per heavy atom. The molecule has 0 spiro atoms. The fourth-order valence-electron chi connectivity index (χ4n) is 3.90. The van der Waals surface area contributed by atoms with Crippen LogP contribution in [0.4, 0.5) is 0 Å². The van der Waals surface area contributed by atoms with Crippen molar-refractivity contribution in [2.75, 3.05) is 19.6 Å². The molecule has 1 saturated heterocycles. The lowest BCUT2D eigenvalue weighted by molar-refractivity contribution is 0.0903. The lowest BCUT2D eigenvalue weighted by atomic mass is 9.95. The van der Waals surface area contributed by atoms with Crippen LogP contribution >= 0.6 is 0 Å². The summed E-state index contributed by atoms with van der Waals surface area (Å²) in [7, 11) is 0. The SMILES string of the molecule is CCn1nc(C(C)C)cc1C(=O)NCC(c1ccccc1)N1CCC(C)CC1. The first-order valence-electron chi connectivity index (χ1n) is 10.6. The molecule has 1 fully saturated rings. The number of rotatable bonds is 7. The Hall–Kier alpha value is -2.14. The van der Waals surface area contributed by atoms with Gasteiger partial charge in [0.1, 0.15) is 5.69 Å². The van der Waals surface area contributed by atoms with E-state index >= 15 is 0 Å². The molecule has 1 aliphatic heterocycles. The second kappa shape index (κ2) is 9.37. The number of aromatic nitrogens is 2. The standard InChI is InChI=1S/C23H34N4O/c1-5-27-21(15-20(25-27)17(2)3)23(28)24-16-22(19-9-7-6-8-10-19)26-13-11-18(4)12-14-26/h6-10,15,17-18,22H,5,11-14,16H2,1-4H3,(H,24,28). The average molecular weight is 383 g/mol. The summed E-state index contributed by atoms with van der Waals surface area (Å²) < 4.78 is 1.81. The van der Waals surface area contributed by atoms with Gasteiger partial charge in [0.15, 0.2) is 0 Å². The molecule has 1 aromatic heterocycles. The number of aryl methyl sites for hydroxylation is 1. The van der Waals surface area contributed by atoms with Gasteiger partial charge in [-0.15, -0.1) is 0 Å². The minimum Gasteiger partial charge on any atom is -0.349 e. The summed E-state index contributed by atoms with van der Waals surface area (Å²) in [6.07, 6.45) is 2.44. The van der Waals surface area contributed by atoms with Crippen molar-refractivity contribution in [3.05, 3.63) is 53.3 Å². The predicted molar refractivity (Wildman–Crippen MR) is 113 cm³/mol. The van der Waals surface area contributed by atoms with E-state index in [2.05, 4.69) is 60.4 Å². The van der Waals surface area contributed by atoms with Crippen molar-refractivity contribution in [2.45, 2.75) is 59.0 Å². The van der Waals surface area contributed by atoms with E-state index in [0.717, 1.165) is 24.7 Å². The van der Waals surface area contributed by atoms with Crippen molar-refractivity contribution >= 4 is 5.91 Å². The highest BCUT2D eigenvalue weighted by Crippen LogP contribution is 2.26. The lowest BCUT2D eigenvalue weighted by Gasteiger charge is -2.37. The van der Waals surface area contributed by atoms with Gasteiger partial charge < -0.3 is 5.32 Å². The zero-order valence-electron chi connectivity index (χ0n) is 17.7. The topological polar surface area (TPSA) is 50.2 Å². The highest BCUT2D eigenvalue weighted by molar-refractivity contribution is 5.92. The fraction of sp³-hybridized carbons (Fsp3) is 0.565. The van der Waals surface area contributed by atoms with Crippen LogP contribution in [0.2, 0.25) is 0 Å². The third-order valence-electron chi connectivity index (χ3n) is 5.82. The van der Waals surface area contributed by atoms with Crippen molar-refractivity contribution in [3.8, 4) is 0 Å². The molecule has 1 N–H and O–H groups in total. The molecule has 0 radical (unpaired) electrons. The third kappa shape index (κ3) is 4.82. The molecule has 0 bridgehead atoms. The van der Waals surface area contributed by atoms with Gasteiger partial charge in [0.2, 0.25) is 0 Å². The van der Waals surface area contributed by atoms with Crippen LogP contribution in [0.1, 0.15) is 74.2 Å². The summed E-state index contributed by atoms with van der Waals surface area (Å²) in [6.45, 7) is 12.0. The Kier molecular flexibility index (Phi) is 6.89. The maximum atomic E-state index is 12.9. The van der Waals surface area contributed by atoms with Gasteiger partial charge in [-0.1, -0.05) is 51.1 Å². The quantitative estimate of drug-likeness (QED) is 0.780. The van der Waals surface area contributed by atoms with Crippen LogP contribution in [0, 0.1) is 5.92 Å². The molecule has 2 aromatic rings. The molecule has 5 nitrogen and oxygen atoms in total. The van der Waals surface area contributed by atoms with Gasteiger partial charge in [0, 0.05) is 13.1 Å². The normalized spacial score (nSPS) is 17.0. The number of hydrogen-bond acceptors (Lipinski definition) is 3. The Bertz CT molecular complexity index is 760. The highest BCUT2D eigenvalue weighted by atomic mass is 16.2. The lowest BCUT2D eigenvalue weighted by Crippen LogP contribution is -2.42. The van der Waals surface area contributed by atoms with Crippen LogP contribution in [0.25, 0.3) is 0 Å². The van der Waals surface area contributed by atoms with Crippen molar-refractivity contribution < 1.29 is 4.79 Å². The molecule has 1 amide bonds. The first kappa shape index (κ1) is 20.6. The Labute approximate surface area is 169 Å². The van der Waals surface area contributed by atoms with Crippen LogP contribution in [0.3, 0.4) is 0 Å². The first-order chi connectivity index (χ1) is 13.5. The van der Waals surface area contributed by atoms with Gasteiger partial charge in [-0.25, -0.2) is 0 Å². The van der Waals surface area contributed by atoms with Gasteiger partial charge in [0.05, 0.1) is 11.7 Å². The molecule has 152 valence electrons. The first-order valence-corrected chi connectivity index (χ1v) is 10.6. The minimum atomic E-state index is -0.0347. The zero-order valence-corrected chi connectivity index (χ0v) is 17.7. The molecule has 0 aliphatic carbocycles. The number of piperidine rings is 1. The van der Waals surface area contributed by atoms with Crippen LogP contribution in [-0.2, 0) is 6.54 Å². The van der Waals surface area contributed by atoms with Crippen molar-refractivity contribution in [1.82, 2.24) is 20.0 Å². The van der Waals surface area contributed by atoms with E-state index in [1.807, 2.05) is 23.7 Å². The number of hydrogen-bond donors (Lipinski definition) is 1. The summed E-state index contributed by atoms with van der Waals surface area (Å²) in [5.41, 5.74) is 2.89. The van der Waals surface area contributed by atoms with Crippen LogP contribution in [0.5, 0.6) is 0 Å². The van der Waals surface area contributed by atoms with Crippen LogP contribution in [0.15, 0.2) is 36.4 Å². The summed E-state index contributed by atoms with van der Waals surface area (Å²) >= 11 is 0. The zero-order chi connectivity index (χ0) is 20.1. The predicted octanol–water partition coefficient (Wildman–Crippen LogP) is 4.23. The van der Waals surface area contributed by atoms with Gasteiger partial charge in [-0.05, 0) is 56.3 Å². The van der Waals surface area contributed by atoms with Gasteiger partial charge in [-0.2, -0.15) is 5.10 Å². The molecule has 5 heteroatoms. The third-order valence-corrected chi connectivity index (χ3v) is 5.82. The highest BCUT2D eigenvalue weighted by Gasteiger charge is 2.26. The number of nitrogens with zero attached hydrogens (tertiary/aromatic N) is 3. The Morgan fingerprint density at radius 2 is 1.89 bits per heavy atom. The van der Waals surface area contributed by atoms with Gasteiger partial charge in [-0.3, -0.25) is 14.4 Å². The van der Waals surface area contributed by atoms with E-state index in [4.69, 9.17) is 0 Å². The number of amides is 1. The average Bonchev–Trinajstić information content (AvgIpc) is 3.15. The van der Waals surface area contributed by atoms with E-state index in [0.29, 0.717) is 24.7 Å². The smallest absolute Gasteiger partial charge is 0.269 e. The van der Waals surface area contributed by atoms with Gasteiger partial charge >= 0.3 is 0 Å². The number of nitrogens with one attached hydrogen (secondary N) is 1. The van der Waals surface area contributed by atoms with Crippen molar-refractivity contribution in [2.24, 2.45) is 5.92 Å². The molecule has 28 heavy (non-hydrogen) atoms. The van der Waals surface area contributed by atoms with Gasteiger partial charge in [0.25, 0.3) is 5.91 Å². The van der Waals surface area contributed by atoms with E-state index in [-0.39, 0.29) is 11.9 Å². The van der Waals surface area contributed by atoms with E-state index in [1.165, 1.54) is 18.4 Å². The summed E-state index contributed by atoms with van der Waals surface area (Å²) in [5.74, 6) is 1.06. The fourth-order valence-corrected chi connectivity index (χ4v) is 3.90. The Morgan fingerprint density at radius 3 is 2.50 bits per heavy atom. The molecule has 2 heterocycles. The van der Waals surface area contributed by atoms with Crippen molar-refractivity contribution in [3.63, 3.8) is 0 Å². The summed E-state index contributed by atoms with van der Waals surface area (Å²) in [4.78, 5) is 15.5. The second-order valence-corrected chi connectivity index (χ2v) is 8.28. The van der Waals surface area contributed by atoms with Crippen molar-refractivity contribution in [1.29, 1.82) is 0 Å². The minimum absolute atomic E-state index is 0.0347. The number of likely N-dealkylation sites (tertiary alicyclic amines) is 1. The number of benzene rings is 1. The summed E-state index contributed by atoms with van der Waals surface area (Å²) in [5, 5.41) is 7.77. The second-order valence-electron chi connectivity index (χ2n) is 8.28. The van der Waals surface area contributed by atoms with E-state index in [9.17, 15) is 4.79 Å². The number of carbonyl (C=O) groups excluding carboxylic acids is 1.